The van der Waals surface area contributed by atoms with Gasteiger partial charge in [-0.15, -0.1) is 0 Å². The van der Waals surface area contributed by atoms with E-state index in [0.717, 1.165) is 0 Å². The Hall–Kier alpha value is -2.53. The molecule has 2 aromatic rings. The van der Waals surface area contributed by atoms with Crippen molar-refractivity contribution in [3.8, 4) is 0 Å². The van der Waals surface area contributed by atoms with Crippen molar-refractivity contribution in [2.45, 2.75) is 91.5 Å². The summed E-state index contributed by atoms with van der Waals surface area (Å²) in [5.74, 6) is -0.244. The number of nitrogens with two attached hydrogens (primary N) is 1. The highest BCUT2D eigenvalue weighted by molar-refractivity contribution is 7.91. The second kappa shape index (κ2) is 15.8. The SMILES string of the molecule is C=C(N)COP(O[C@@H]1C(OC(=S)N2CCS(=O)(=O)CC2)[C@H](n2cnc3c(NC(=O)C(C)C)ncnc32)O[C@@H]1CC)N(C(C)C)C(C)C. The molecule has 0 saturated carbocycles. The van der Waals surface area contributed by atoms with Crippen LogP contribution in [0.5, 0.6) is 0 Å². The van der Waals surface area contributed by atoms with Crippen LogP contribution in [0.25, 0.3) is 11.2 Å². The average molecular weight is 715 g/mol. The zero-order valence-corrected chi connectivity index (χ0v) is 30.6. The maximum absolute atomic E-state index is 12.5. The average Bonchev–Trinajstić information content (AvgIpc) is 3.57. The van der Waals surface area contributed by atoms with Crippen LogP contribution in [-0.4, -0.2) is 110 Å². The summed E-state index contributed by atoms with van der Waals surface area (Å²) in [5.41, 5.74) is 7.05. The Morgan fingerprint density at radius 3 is 2.40 bits per heavy atom. The number of ether oxygens (including phenoxy) is 2. The molecule has 2 saturated heterocycles. The number of rotatable bonds is 13. The quantitative estimate of drug-likeness (QED) is 0.228. The van der Waals surface area contributed by atoms with Gasteiger partial charge in [0.1, 0.15) is 12.4 Å². The van der Waals surface area contributed by atoms with Crippen LogP contribution in [-0.2, 0) is 33.2 Å². The topological polar surface area (TPSA) is 176 Å². The lowest BCUT2D eigenvalue weighted by Crippen LogP contribution is -2.47. The lowest BCUT2D eigenvalue weighted by atomic mass is 10.1. The van der Waals surface area contributed by atoms with E-state index in [2.05, 4.69) is 59.2 Å². The minimum absolute atomic E-state index is 0.0214. The maximum Gasteiger partial charge on any atom is 0.260 e. The summed E-state index contributed by atoms with van der Waals surface area (Å²) in [6, 6.07) is 0.129. The summed E-state index contributed by atoms with van der Waals surface area (Å²) < 4.78 is 54.4. The second-order valence-corrected chi connectivity index (χ2v) is 16.5. The van der Waals surface area contributed by atoms with E-state index < -0.39 is 42.9 Å². The Bertz CT molecular complexity index is 1520. The van der Waals surface area contributed by atoms with Crippen molar-refractivity contribution < 1.29 is 31.7 Å². The van der Waals surface area contributed by atoms with Crippen LogP contribution in [0.1, 0.15) is 61.1 Å². The van der Waals surface area contributed by atoms with Crippen molar-refractivity contribution in [2.75, 3.05) is 36.5 Å². The molecule has 18 heteroatoms. The third-order valence-corrected chi connectivity index (χ3v) is 11.8. The number of sulfone groups is 1. The molecule has 4 rings (SSSR count). The third kappa shape index (κ3) is 8.94. The Labute approximate surface area is 283 Å². The summed E-state index contributed by atoms with van der Waals surface area (Å²) in [5, 5.41) is 2.95. The van der Waals surface area contributed by atoms with Gasteiger partial charge in [-0.3, -0.25) is 9.36 Å². The smallest absolute Gasteiger partial charge is 0.260 e. The first-order chi connectivity index (χ1) is 22.1. The molecule has 5 atom stereocenters. The van der Waals surface area contributed by atoms with Crippen molar-refractivity contribution >= 4 is 58.6 Å². The molecular formula is C29H47N8O7PS2. The van der Waals surface area contributed by atoms with Crippen LogP contribution in [0, 0.1) is 5.92 Å². The van der Waals surface area contributed by atoms with Gasteiger partial charge in [0.25, 0.3) is 13.7 Å². The Morgan fingerprint density at radius 2 is 1.83 bits per heavy atom. The molecule has 47 heavy (non-hydrogen) atoms. The molecule has 0 aliphatic carbocycles. The van der Waals surface area contributed by atoms with Crippen LogP contribution in [0.15, 0.2) is 24.9 Å². The largest absolute Gasteiger partial charge is 0.460 e. The van der Waals surface area contributed by atoms with Crippen LogP contribution in [0.3, 0.4) is 0 Å². The number of hydrogen-bond acceptors (Lipinski definition) is 13. The van der Waals surface area contributed by atoms with Crippen molar-refractivity contribution in [1.29, 1.82) is 0 Å². The van der Waals surface area contributed by atoms with E-state index in [9.17, 15) is 13.2 Å². The highest BCUT2D eigenvalue weighted by Crippen LogP contribution is 2.51. The van der Waals surface area contributed by atoms with E-state index in [1.54, 1.807) is 29.6 Å². The number of hydrogen-bond donors (Lipinski definition) is 2. The van der Waals surface area contributed by atoms with Crippen molar-refractivity contribution in [2.24, 2.45) is 11.7 Å². The lowest BCUT2D eigenvalue weighted by Gasteiger charge is -2.38. The first kappa shape index (κ1) is 37.3. The number of carbonyl (C=O) groups is 1. The summed E-state index contributed by atoms with van der Waals surface area (Å²) in [4.78, 5) is 27.5. The van der Waals surface area contributed by atoms with Gasteiger partial charge in [0.05, 0.1) is 30.5 Å². The van der Waals surface area contributed by atoms with Crippen molar-refractivity contribution in [3.05, 3.63) is 24.9 Å². The molecular weight excluding hydrogens is 667 g/mol. The van der Waals surface area contributed by atoms with Crippen LogP contribution in [0.4, 0.5) is 5.82 Å². The van der Waals surface area contributed by atoms with Gasteiger partial charge in [-0.05, 0) is 46.3 Å². The summed E-state index contributed by atoms with van der Waals surface area (Å²) in [7, 11) is -4.84. The van der Waals surface area contributed by atoms with Gasteiger partial charge in [-0.2, -0.15) is 0 Å². The fraction of sp³-hybridized carbons (Fsp3) is 0.690. The Morgan fingerprint density at radius 1 is 1.17 bits per heavy atom. The summed E-state index contributed by atoms with van der Waals surface area (Å²) in [6.07, 6.45) is 0.659. The molecule has 3 N–H and O–H groups in total. The number of fused-ring (bicyclic) bond motifs is 1. The third-order valence-electron chi connectivity index (χ3n) is 7.75. The molecule has 2 aliphatic heterocycles. The molecule has 2 unspecified atom stereocenters. The zero-order chi connectivity index (χ0) is 34.6. The second-order valence-electron chi connectivity index (χ2n) is 12.5. The molecule has 0 spiro atoms. The van der Waals surface area contributed by atoms with Crippen LogP contribution < -0.4 is 11.1 Å². The number of carbonyl (C=O) groups excluding carboxylic acids is 1. The van der Waals surface area contributed by atoms with Gasteiger partial charge in [0.2, 0.25) is 5.91 Å². The predicted molar refractivity (Wildman–Crippen MR) is 184 cm³/mol. The normalized spacial score (nSPS) is 23.6. The molecule has 0 radical (unpaired) electrons. The molecule has 2 fully saturated rings. The number of nitrogens with one attached hydrogen (secondary N) is 1. The first-order valence-corrected chi connectivity index (χ1v) is 19.1. The van der Waals surface area contributed by atoms with Gasteiger partial charge in [-0.1, -0.05) is 27.4 Å². The van der Waals surface area contributed by atoms with Crippen molar-refractivity contribution in [3.63, 3.8) is 0 Å². The Balaban J connectivity index is 1.75. The van der Waals surface area contributed by atoms with E-state index in [-0.39, 0.29) is 66.1 Å². The first-order valence-electron chi connectivity index (χ1n) is 15.7. The molecule has 15 nitrogen and oxygen atoms in total. The number of nitrogens with zero attached hydrogens (tertiary/aromatic N) is 6. The predicted octanol–water partition coefficient (Wildman–Crippen LogP) is 3.35. The number of anilines is 1. The van der Waals surface area contributed by atoms with E-state index in [1.807, 2.05) is 6.92 Å². The lowest BCUT2D eigenvalue weighted by molar-refractivity contribution is -0.118. The maximum atomic E-state index is 12.5. The molecule has 2 aromatic heterocycles. The van der Waals surface area contributed by atoms with Gasteiger partial charge in [-0.25, -0.2) is 28.0 Å². The standard InChI is InChI=1S/C29H47N8O7PS2/c1-9-21-23(44-45(41-14-20(8)30)37(18(4)5)19(6)7)24(43-29(46)35-10-12-47(39,40)13-11-35)28(42-21)36-16-33-22-25(31-15-32-26(22)36)34-27(38)17(2)3/h15-19,21,23-24,28H,8-14,30H2,1-7H3,(H,31,32,34,38)/t21-,23+,24?,28-,45?/m1/s1. The molecule has 262 valence electrons. The number of amides is 1. The fourth-order valence-corrected chi connectivity index (χ4v) is 8.65. The minimum atomic E-state index is -3.14. The fourth-order valence-electron chi connectivity index (χ4n) is 5.36. The van der Waals surface area contributed by atoms with E-state index in [4.69, 9.17) is 36.5 Å². The number of thiocarbonyl (C=S) groups is 1. The van der Waals surface area contributed by atoms with Gasteiger partial charge in [0.15, 0.2) is 39.2 Å². The van der Waals surface area contributed by atoms with Gasteiger partial charge >= 0.3 is 0 Å². The Kier molecular flexibility index (Phi) is 12.5. The summed E-state index contributed by atoms with van der Waals surface area (Å²) >= 11 is 5.75. The van der Waals surface area contributed by atoms with Gasteiger partial charge in [0, 0.05) is 36.8 Å². The highest BCUT2D eigenvalue weighted by Gasteiger charge is 2.51. The number of aromatic nitrogens is 4. The van der Waals surface area contributed by atoms with Crippen LogP contribution in [0.2, 0.25) is 0 Å². The van der Waals surface area contributed by atoms with E-state index >= 15 is 0 Å². The van der Waals surface area contributed by atoms with E-state index in [1.165, 1.54) is 6.33 Å². The molecule has 4 heterocycles. The number of imidazole rings is 1. The van der Waals surface area contributed by atoms with Crippen LogP contribution >= 0.6 is 20.7 Å². The highest BCUT2D eigenvalue weighted by atomic mass is 32.2. The minimum Gasteiger partial charge on any atom is -0.460 e. The molecule has 0 aromatic carbocycles. The summed E-state index contributed by atoms with van der Waals surface area (Å²) in [6.45, 7) is 18.1. The molecule has 2 aliphatic rings. The molecule has 1 amide bonds. The van der Waals surface area contributed by atoms with E-state index in [0.29, 0.717) is 23.3 Å². The zero-order valence-electron chi connectivity index (χ0n) is 28.0. The molecule has 0 bridgehead atoms. The van der Waals surface area contributed by atoms with Crippen molar-refractivity contribution in [1.82, 2.24) is 29.1 Å². The van der Waals surface area contributed by atoms with Gasteiger partial charge < -0.3 is 34.5 Å². The monoisotopic (exact) mass is 714 g/mol.